The summed E-state index contributed by atoms with van der Waals surface area (Å²) in [5.74, 6) is -0.567. The Hall–Kier alpha value is -3.08. The van der Waals surface area contributed by atoms with E-state index in [1.807, 2.05) is 42.5 Å². The minimum absolute atomic E-state index is 0.0337. The van der Waals surface area contributed by atoms with Crippen molar-refractivity contribution in [2.75, 3.05) is 13.7 Å². The van der Waals surface area contributed by atoms with Gasteiger partial charge in [-0.25, -0.2) is 0 Å². The molecule has 2 aromatic carbocycles. The number of esters is 1. The molecule has 0 spiro atoms. The highest BCUT2D eigenvalue weighted by Gasteiger charge is 2.29. The van der Waals surface area contributed by atoms with Crippen LogP contribution in [0.5, 0.6) is 0 Å². The highest BCUT2D eigenvalue weighted by atomic mass is 16.5. The molecule has 1 aliphatic rings. The van der Waals surface area contributed by atoms with Crippen molar-refractivity contribution in [3.8, 4) is 11.1 Å². The Kier molecular flexibility index (Phi) is 3.34. The lowest BCUT2D eigenvalue weighted by molar-refractivity contribution is -0.141. The van der Waals surface area contributed by atoms with Crippen LogP contribution in [-0.4, -0.2) is 30.4 Å². The van der Waals surface area contributed by atoms with Crippen LogP contribution in [0.1, 0.15) is 15.9 Å². The summed E-state index contributed by atoms with van der Waals surface area (Å²) in [5, 5.41) is 1.01. The van der Waals surface area contributed by atoms with Crippen LogP contribution in [0.4, 0.5) is 0 Å². The van der Waals surface area contributed by atoms with Crippen molar-refractivity contribution < 1.29 is 18.7 Å². The van der Waals surface area contributed by atoms with E-state index in [1.54, 1.807) is 6.26 Å². The second kappa shape index (κ2) is 5.53. The fraction of sp³-hybridized carbons (Fsp3) is 0.158. The highest BCUT2D eigenvalue weighted by Crippen LogP contribution is 2.33. The number of methoxy groups -OCH3 is 1. The minimum atomic E-state index is -0.419. The average molecular weight is 321 g/mol. The number of hydrogen-bond acceptors (Lipinski definition) is 4. The zero-order valence-electron chi connectivity index (χ0n) is 13.1. The molecule has 0 radical (unpaired) electrons. The van der Waals surface area contributed by atoms with Crippen LogP contribution < -0.4 is 0 Å². The summed E-state index contributed by atoms with van der Waals surface area (Å²) in [4.78, 5) is 25.5. The van der Waals surface area contributed by atoms with Gasteiger partial charge in [0.25, 0.3) is 5.91 Å². The molecule has 5 nitrogen and oxygen atoms in total. The number of hydrogen-bond donors (Lipinski definition) is 0. The zero-order chi connectivity index (χ0) is 16.7. The lowest BCUT2D eigenvalue weighted by Gasteiger charge is -2.13. The predicted molar refractivity (Wildman–Crippen MR) is 88.4 cm³/mol. The van der Waals surface area contributed by atoms with E-state index in [0.29, 0.717) is 12.1 Å². The largest absolute Gasteiger partial charge is 0.468 e. The van der Waals surface area contributed by atoms with Gasteiger partial charge in [0.15, 0.2) is 0 Å². The molecular formula is C19H15NO4. The summed E-state index contributed by atoms with van der Waals surface area (Å²) in [6.45, 7) is 0.393. The van der Waals surface area contributed by atoms with E-state index >= 15 is 0 Å². The molecule has 0 unspecified atom stereocenters. The van der Waals surface area contributed by atoms with E-state index in [0.717, 1.165) is 27.7 Å². The van der Waals surface area contributed by atoms with Crippen molar-refractivity contribution >= 4 is 22.8 Å². The quantitative estimate of drug-likeness (QED) is 0.695. The van der Waals surface area contributed by atoms with Gasteiger partial charge in [-0.05, 0) is 23.3 Å². The van der Waals surface area contributed by atoms with Crippen molar-refractivity contribution in [3.63, 3.8) is 0 Å². The molecule has 0 fully saturated rings. The third-order valence-corrected chi connectivity index (χ3v) is 4.33. The minimum Gasteiger partial charge on any atom is -0.468 e. The van der Waals surface area contributed by atoms with E-state index in [2.05, 4.69) is 4.74 Å². The number of ether oxygens (including phenoxy) is 1. The number of nitrogens with zero attached hydrogens (tertiary/aromatic N) is 1. The second-order valence-corrected chi connectivity index (χ2v) is 5.75. The molecule has 4 rings (SSSR count). The van der Waals surface area contributed by atoms with Crippen molar-refractivity contribution in [1.82, 2.24) is 4.90 Å². The molecule has 3 aromatic rings. The lowest BCUT2D eigenvalue weighted by Crippen LogP contribution is -2.30. The first-order valence-electron chi connectivity index (χ1n) is 7.63. The van der Waals surface area contributed by atoms with Crippen molar-refractivity contribution in [3.05, 3.63) is 59.9 Å². The lowest BCUT2D eigenvalue weighted by atomic mass is 10.00. The number of fused-ring (bicyclic) bond motifs is 2. The highest BCUT2D eigenvalue weighted by molar-refractivity contribution is 6.02. The normalized spacial score (nSPS) is 13.4. The standard InChI is InChI=1S/C19H15NO4/c1-23-18(21)10-20-9-13-7-6-12(8-15(13)19(20)22)16-11-24-17-5-3-2-4-14(16)17/h2-8,11H,9-10H2,1H3. The molecule has 0 atom stereocenters. The Labute approximate surface area is 138 Å². The van der Waals surface area contributed by atoms with Gasteiger partial charge in [-0.2, -0.15) is 0 Å². The first-order chi connectivity index (χ1) is 11.7. The summed E-state index contributed by atoms with van der Waals surface area (Å²) >= 11 is 0. The van der Waals surface area contributed by atoms with Crippen LogP contribution in [0.3, 0.4) is 0 Å². The van der Waals surface area contributed by atoms with E-state index in [1.165, 1.54) is 12.0 Å². The van der Waals surface area contributed by atoms with E-state index in [4.69, 9.17) is 4.42 Å². The summed E-state index contributed by atoms with van der Waals surface area (Å²) < 4.78 is 10.2. The molecule has 0 bridgehead atoms. The maximum atomic E-state index is 12.5. The van der Waals surface area contributed by atoms with Crippen LogP contribution in [0.15, 0.2) is 53.1 Å². The Bertz CT molecular complexity index is 957. The molecule has 0 saturated carbocycles. The molecule has 1 aliphatic heterocycles. The smallest absolute Gasteiger partial charge is 0.325 e. The van der Waals surface area contributed by atoms with Gasteiger partial charge in [0, 0.05) is 23.1 Å². The molecule has 1 aromatic heterocycles. The number of furan rings is 1. The van der Waals surface area contributed by atoms with Gasteiger partial charge in [0.1, 0.15) is 12.1 Å². The molecular weight excluding hydrogens is 306 g/mol. The van der Waals surface area contributed by atoms with Gasteiger partial charge in [0.05, 0.1) is 13.4 Å². The topological polar surface area (TPSA) is 59.8 Å². The van der Waals surface area contributed by atoms with Gasteiger partial charge in [0.2, 0.25) is 0 Å². The molecule has 5 heteroatoms. The van der Waals surface area contributed by atoms with Crippen molar-refractivity contribution in [2.24, 2.45) is 0 Å². The van der Waals surface area contributed by atoms with Gasteiger partial charge in [-0.1, -0.05) is 30.3 Å². The SMILES string of the molecule is COC(=O)CN1Cc2ccc(-c3coc4ccccc34)cc2C1=O. The predicted octanol–water partition coefficient (Wildman–Crippen LogP) is 3.23. The van der Waals surface area contributed by atoms with E-state index in [9.17, 15) is 9.59 Å². The Morgan fingerprint density at radius 2 is 2.04 bits per heavy atom. The van der Waals surface area contributed by atoms with Gasteiger partial charge < -0.3 is 14.1 Å². The number of para-hydroxylation sites is 1. The monoisotopic (exact) mass is 321 g/mol. The van der Waals surface area contributed by atoms with Crippen LogP contribution in [0, 0.1) is 0 Å². The third kappa shape index (κ3) is 2.25. The van der Waals surface area contributed by atoms with Crippen LogP contribution in [0.2, 0.25) is 0 Å². The Morgan fingerprint density at radius 1 is 1.21 bits per heavy atom. The fourth-order valence-corrected chi connectivity index (χ4v) is 3.08. The first kappa shape index (κ1) is 14.5. The zero-order valence-corrected chi connectivity index (χ0v) is 13.1. The van der Waals surface area contributed by atoms with Crippen LogP contribution in [0.25, 0.3) is 22.1 Å². The number of carbonyl (C=O) groups excluding carboxylic acids is 2. The molecule has 2 heterocycles. The molecule has 0 N–H and O–H groups in total. The van der Waals surface area contributed by atoms with E-state index < -0.39 is 5.97 Å². The number of carbonyl (C=O) groups is 2. The molecule has 24 heavy (non-hydrogen) atoms. The summed E-state index contributed by atoms with van der Waals surface area (Å²) in [7, 11) is 1.32. The van der Waals surface area contributed by atoms with Gasteiger partial charge >= 0.3 is 5.97 Å². The second-order valence-electron chi connectivity index (χ2n) is 5.75. The van der Waals surface area contributed by atoms with Crippen LogP contribution in [-0.2, 0) is 16.1 Å². The molecule has 0 saturated heterocycles. The fourth-order valence-electron chi connectivity index (χ4n) is 3.08. The average Bonchev–Trinajstić information content (AvgIpc) is 3.16. The number of amides is 1. The molecule has 0 aliphatic carbocycles. The van der Waals surface area contributed by atoms with Gasteiger partial charge in [-0.3, -0.25) is 9.59 Å². The Morgan fingerprint density at radius 3 is 2.88 bits per heavy atom. The maximum Gasteiger partial charge on any atom is 0.325 e. The summed E-state index contributed by atoms with van der Waals surface area (Å²) in [6.07, 6.45) is 1.71. The van der Waals surface area contributed by atoms with Crippen molar-refractivity contribution in [2.45, 2.75) is 6.54 Å². The number of rotatable bonds is 3. The molecule has 1 amide bonds. The first-order valence-corrected chi connectivity index (χ1v) is 7.63. The van der Waals surface area contributed by atoms with E-state index in [-0.39, 0.29) is 12.5 Å². The van der Waals surface area contributed by atoms with Gasteiger partial charge in [-0.15, -0.1) is 0 Å². The molecule has 120 valence electrons. The third-order valence-electron chi connectivity index (χ3n) is 4.33. The maximum absolute atomic E-state index is 12.5. The van der Waals surface area contributed by atoms with Crippen molar-refractivity contribution in [1.29, 1.82) is 0 Å². The van der Waals surface area contributed by atoms with Crippen LogP contribution >= 0.6 is 0 Å². The summed E-state index contributed by atoms with van der Waals surface area (Å²) in [5.41, 5.74) is 4.23. The summed E-state index contributed by atoms with van der Waals surface area (Å²) in [6, 6.07) is 13.6. The number of benzene rings is 2. The Balaban J connectivity index is 1.71.